The minimum atomic E-state index is -0.300. The number of H-pyrrole nitrogens is 1. The van der Waals surface area contributed by atoms with E-state index in [0.29, 0.717) is 17.3 Å². The number of carbonyl (C=O) groups excluding carboxylic acids is 1. The van der Waals surface area contributed by atoms with Crippen LogP contribution in [0.3, 0.4) is 0 Å². The lowest BCUT2D eigenvalue weighted by Gasteiger charge is -2.07. The first-order chi connectivity index (χ1) is 11.8. The Balaban J connectivity index is 1.53. The number of fused-ring (bicyclic) bond motifs is 1. The van der Waals surface area contributed by atoms with Crippen molar-refractivity contribution in [2.75, 3.05) is 10.6 Å². The van der Waals surface area contributed by atoms with Crippen LogP contribution in [0.25, 0.3) is 22.6 Å². The molecule has 0 aliphatic heterocycles. The fourth-order valence-electron chi connectivity index (χ4n) is 2.43. The predicted octanol–water partition coefficient (Wildman–Crippen LogP) is 4.47. The fourth-order valence-corrected chi connectivity index (χ4v) is 2.43. The number of aromatic amines is 1. The molecule has 0 aliphatic carbocycles. The van der Waals surface area contributed by atoms with Gasteiger partial charge in [0.15, 0.2) is 11.6 Å². The van der Waals surface area contributed by atoms with Crippen LogP contribution in [0.15, 0.2) is 71.3 Å². The summed E-state index contributed by atoms with van der Waals surface area (Å²) in [5.74, 6) is 1.32. The number of para-hydroxylation sites is 1. The third kappa shape index (κ3) is 2.85. The van der Waals surface area contributed by atoms with Gasteiger partial charge in [-0.25, -0.2) is 9.78 Å². The van der Waals surface area contributed by atoms with Gasteiger partial charge in [0.2, 0.25) is 0 Å². The van der Waals surface area contributed by atoms with E-state index in [4.69, 9.17) is 4.42 Å². The molecule has 2 aromatic heterocycles. The van der Waals surface area contributed by atoms with Crippen molar-refractivity contribution in [3.05, 3.63) is 66.9 Å². The number of hydrogen-bond donors (Lipinski definition) is 3. The Morgan fingerprint density at radius 1 is 0.958 bits per heavy atom. The summed E-state index contributed by atoms with van der Waals surface area (Å²) < 4.78 is 5.34. The number of anilines is 2. The quantitative estimate of drug-likeness (QED) is 0.521. The number of carbonyl (C=O) groups is 1. The van der Waals surface area contributed by atoms with Crippen molar-refractivity contribution in [1.82, 2.24) is 9.97 Å². The minimum Gasteiger partial charge on any atom is -0.461 e. The zero-order valence-electron chi connectivity index (χ0n) is 12.6. The van der Waals surface area contributed by atoms with Gasteiger partial charge in [-0.1, -0.05) is 18.2 Å². The van der Waals surface area contributed by atoms with E-state index in [1.165, 1.54) is 0 Å². The molecule has 4 aromatic rings. The first-order valence-electron chi connectivity index (χ1n) is 7.45. The molecule has 0 radical (unpaired) electrons. The Bertz CT molecular complexity index is 975. The van der Waals surface area contributed by atoms with Crippen molar-refractivity contribution < 1.29 is 9.21 Å². The van der Waals surface area contributed by atoms with Gasteiger partial charge >= 0.3 is 6.03 Å². The highest BCUT2D eigenvalue weighted by Gasteiger charge is 2.09. The van der Waals surface area contributed by atoms with Gasteiger partial charge in [-0.2, -0.15) is 0 Å². The molecular weight excluding hydrogens is 304 g/mol. The van der Waals surface area contributed by atoms with E-state index in [0.717, 1.165) is 16.7 Å². The Kier molecular flexibility index (Phi) is 3.47. The summed E-state index contributed by atoms with van der Waals surface area (Å²) in [4.78, 5) is 19.7. The Hall–Kier alpha value is -3.54. The van der Waals surface area contributed by atoms with Gasteiger partial charge in [-0.05, 0) is 42.5 Å². The molecule has 0 fully saturated rings. The van der Waals surface area contributed by atoms with Gasteiger partial charge in [0.1, 0.15) is 0 Å². The monoisotopic (exact) mass is 318 g/mol. The van der Waals surface area contributed by atoms with E-state index in [1.807, 2.05) is 54.6 Å². The van der Waals surface area contributed by atoms with Crippen molar-refractivity contribution in [1.29, 1.82) is 0 Å². The van der Waals surface area contributed by atoms with E-state index in [2.05, 4.69) is 20.6 Å². The molecular formula is C18H14N4O2. The van der Waals surface area contributed by atoms with Crippen molar-refractivity contribution in [2.45, 2.75) is 0 Å². The van der Waals surface area contributed by atoms with Crippen molar-refractivity contribution >= 4 is 28.4 Å². The lowest BCUT2D eigenvalue weighted by atomic mass is 10.3. The largest absolute Gasteiger partial charge is 0.461 e. The zero-order chi connectivity index (χ0) is 16.4. The molecule has 0 aliphatic rings. The fraction of sp³-hybridized carbons (Fsp3) is 0. The number of furan rings is 1. The van der Waals surface area contributed by atoms with Crippen LogP contribution in [-0.4, -0.2) is 16.0 Å². The lowest BCUT2D eigenvalue weighted by molar-refractivity contribution is 0.262. The van der Waals surface area contributed by atoms with Gasteiger partial charge in [0.05, 0.1) is 17.3 Å². The van der Waals surface area contributed by atoms with Crippen LogP contribution in [0.2, 0.25) is 0 Å². The average molecular weight is 318 g/mol. The molecule has 4 rings (SSSR count). The number of amides is 2. The molecule has 3 N–H and O–H groups in total. The van der Waals surface area contributed by atoms with Gasteiger partial charge < -0.3 is 20.0 Å². The number of hydrogen-bond acceptors (Lipinski definition) is 3. The minimum absolute atomic E-state index is 0.300. The molecule has 2 amide bonds. The van der Waals surface area contributed by atoms with E-state index >= 15 is 0 Å². The van der Waals surface area contributed by atoms with Crippen LogP contribution in [0.5, 0.6) is 0 Å². The SMILES string of the molecule is O=C(Nc1ccccc1)Nc1ccc2nc(-c3ccco3)[nH]c2c1. The summed E-state index contributed by atoms with van der Waals surface area (Å²) in [5.41, 5.74) is 3.03. The molecule has 0 unspecified atom stereocenters. The third-order valence-corrected chi connectivity index (χ3v) is 3.53. The number of rotatable bonds is 3. The van der Waals surface area contributed by atoms with Crippen molar-refractivity contribution in [3.63, 3.8) is 0 Å². The number of nitrogens with zero attached hydrogens (tertiary/aromatic N) is 1. The Labute approximate surface area is 137 Å². The molecule has 0 atom stereocenters. The second-order valence-electron chi connectivity index (χ2n) is 5.24. The maximum atomic E-state index is 12.0. The smallest absolute Gasteiger partial charge is 0.323 e. The predicted molar refractivity (Wildman–Crippen MR) is 92.9 cm³/mol. The molecule has 118 valence electrons. The highest BCUT2D eigenvalue weighted by molar-refractivity contribution is 6.00. The summed E-state index contributed by atoms with van der Waals surface area (Å²) in [7, 11) is 0. The lowest BCUT2D eigenvalue weighted by Crippen LogP contribution is -2.19. The molecule has 0 saturated carbocycles. The van der Waals surface area contributed by atoms with Crippen LogP contribution in [0, 0.1) is 0 Å². The molecule has 0 saturated heterocycles. The summed E-state index contributed by atoms with van der Waals surface area (Å²) in [6.07, 6.45) is 1.60. The molecule has 6 nitrogen and oxygen atoms in total. The van der Waals surface area contributed by atoms with E-state index < -0.39 is 0 Å². The van der Waals surface area contributed by atoms with Crippen LogP contribution in [0.1, 0.15) is 0 Å². The first-order valence-corrected chi connectivity index (χ1v) is 7.45. The number of nitrogens with one attached hydrogen (secondary N) is 3. The van der Waals surface area contributed by atoms with Crippen molar-refractivity contribution in [3.8, 4) is 11.6 Å². The first kappa shape index (κ1) is 14.1. The maximum Gasteiger partial charge on any atom is 0.323 e. The standard InChI is InChI=1S/C18H14N4O2/c23-18(19-12-5-2-1-3-6-12)20-13-8-9-14-15(11-13)22-17(21-14)16-7-4-10-24-16/h1-11H,(H,21,22)(H2,19,20,23). The molecule has 6 heteroatoms. The summed E-state index contributed by atoms with van der Waals surface area (Å²) in [6, 6.07) is 18.1. The maximum absolute atomic E-state index is 12.0. The number of urea groups is 1. The zero-order valence-corrected chi connectivity index (χ0v) is 12.6. The summed E-state index contributed by atoms with van der Waals surface area (Å²) in [5, 5.41) is 5.58. The number of benzene rings is 2. The van der Waals surface area contributed by atoms with E-state index in [9.17, 15) is 4.79 Å². The Morgan fingerprint density at radius 3 is 2.58 bits per heavy atom. The normalized spacial score (nSPS) is 10.7. The molecule has 2 aromatic carbocycles. The van der Waals surface area contributed by atoms with Crippen molar-refractivity contribution in [2.24, 2.45) is 0 Å². The highest BCUT2D eigenvalue weighted by Crippen LogP contribution is 2.23. The van der Waals surface area contributed by atoms with E-state index in [-0.39, 0.29) is 6.03 Å². The summed E-state index contributed by atoms with van der Waals surface area (Å²) in [6.45, 7) is 0. The molecule has 2 heterocycles. The topological polar surface area (TPSA) is 82.9 Å². The second kappa shape index (κ2) is 5.92. The molecule has 0 spiro atoms. The number of imidazole rings is 1. The third-order valence-electron chi connectivity index (χ3n) is 3.53. The van der Waals surface area contributed by atoms with E-state index in [1.54, 1.807) is 12.3 Å². The van der Waals surface area contributed by atoms with Crippen LogP contribution < -0.4 is 10.6 Å². The highest BCUT2D eigenvalue weighted by atomic mass is 16.3. The molecule has 24 heavy (non-hydrogen) atoms. The van der Waals surface area contributed by atoms with Gasteiger partial charge in [0.25, 0.3) is 0 Å². The second-order valence-corrected chi connectivity index (χ2v) is 5.24. The van der Waals surface area contributed by atoms with Crippen LogP contribution >= 0.6 is 0 Å². The van der Waals surface area contributed by atoms with Crippen LogP contribution in [-0.2, 0) is 0 Å². The van der Waals surface area contributed by atoms with Gasteiger partial charge in [-0.3, -0.25) is 0 Å². The number of aromatic nitrogens is 2. The summed E-state index contributed by atoms with van der Waals surface area (Å²) >= 11 is 0. The average Bonchev–Trinajstić information content (AvgIpc) is 3.24. The van der Waals surface area contributed by atoms with Gasteiger partial charge in [0, 0.05) is 11.4 Å². The Morgan fingerprint density at radius 2 is 1.79 bits per heavy atom. The van der Waals surface area contributed by atoms with Crippen LogP contribution in [0.4, 0.5) is 16.2 Å². The van der Waals surface area contributed by atoms with Gasteiger partial charge in [-0.15, -0.1) is 0 Å². The molecule has 0 bridgehead atoms.